The number of thiazole rings is 1. The number of benzene rings is 3. The van der Waals surface area contributed by atoms with Crippen LogP contribution in [-0.2, 0) is 6.61 Å². The van der Waals surface area contributed by atoms with Crippen molar-refractivity contribution in [1.29, 1.82) is 0 Å². The van der Waals surface area contributed by atoms with Crippen LogP contribution in [0.1, 0.15) is 27.8 Å². The molecule has 0 aliphatic carbocycles. The summed E-state index contributed by atoms with van der Waals surface area (Å²) in [6.07, 6.45) is 1.82. The first-order chi connectivity index (χ1) is 16.5. The molecule has 34 heavy (non-hydrogen) atoms. The fourth-order valence-corrected chi connectivity index (χ4v) is 4.52. The molecule has 0 aliphatic heterocycles. The first kappa shape index (κ1) is 23.5. The Bertz CT molecular complexity index is 1380. The van der Waals surface area contributed by atoms with Crippen LogP contribution >= 0.6 is 11.3 Å². The number of hydrogen-bond acceptors (Lipinski definition) is 5. The zero-order chi connectivity index (χ0) is 24.1. The van der Waals surface area contributed by atoms with Crippen molar-refractivity contribution < 1.29 is 9.47 Å². The van der Waals surface area contributed by atoms with Gasteiger partial charge in [-0.3, -0.25) is 4.99 Å². The first-order valence-electron chi connectivity index (χ1n) is 11.1. The second-order valence-electron chi connectivity index (χ2n) is 8.12. The van der Waals surface area contributed by atoms with Crippen molar-refractivity contribution in [2.24, 2.45) is 10.1 Å². The van der Waals surface area contributed by atoms with Crippen LogP contribution in [0.2, 0.25) is 0 Å². The van der Waals surface area contributed by atoms with E-state index in [9.17, 15) is 0 Å². The van der Waals surface area contributed by atoms with Gasteiger partial charge < -0.3 is 9.47 Å². The molecule has 6 heteroatoms. The minimum Gasteiger partial charge on any atom is -0.493 e. The van der Waals surface area contributed by atoms with E-state index < -0.39 is 0 Å². The molecule has 0 N–H and O–H groups in total. The molecule has 4 aromatic rings. The summed E-state index contributed by atoms with van der Waals surface area (Å²) in [5.41, 5.74) is 7.96. The molecule has 0 amide bonds. The number of aryl methyl sites for hydroxylation is 3. The molecule has 1 aromatic heterocycles. The number of aromatic nitrogens is 1. The van der Waals surface area contributed by atoms with Gasteiger partial charge in [-0.15, -0.1) is 11.3 Å². The molecule has 0 saturated heterocycles. The van der Waals surface area contributed by atoms with Crippen LogP contribution in [0.15, 0.2) is 76.1 Å². The van der Waals surface area contributed by atoms with Crippen LogP contribution in [0.5, 0.6) is 11.5 Å². The standard InChI is InChI=1S/C28H29N3O2S/c1-19-13-21(3)24(14-20(19)2)25-18-34-28(29-4)31(25)30-16-23-11-12-26(27(15-23)32-5)33-17-22-9-7-6-8-10-22/h6-16,18H,17H2,1-5H3. The number of methoxy groups -OCH3 is 1. The van der Waals surface area contributed by atoms with Gasteiger partial charge in [-0.25, -0.2) is 4.68 Å². The van der Waals surface area contributed by atoms with Crippen LogP contribution in [0, 0.1) is 20.8 Å². The molecule has 0 radical (unpaired) electrons. The Balaban J connectivity index is 1.63. The van der Waals surface area contributed by atoms with Crippen LogP contribution in [0.4, 0.5) is 0 Å². The van der Waals surface area contributed by atoms with Crippen molar-refractivity contribution >= 4 is 17.6 Å². The van der Waals surface area contributed by atoms with Gasteiger partial charge in [0.15, 0.2) is 11.5 Å². The first-order valence-corrected chi connectivity index (χ1v) is 12.0. The molecule has 0 bridgehead atoms. The highest BCUT2D eigenvalue weighted by molar-refractivity contribution is 7.07. The lowest BCUT2D eigenvalue weighted by molar-refractivity contribution is 0.284. The Morgan fingerprint density at radius 3 is 2.41 bits per heavy atom. The van der Waals surface area contributed by atoms with Gasteiger partial charge in [-0.05, 0) is 72.9 Å². The monoisotopic (exact) mass is 471 g/mol. The molecule has 0 atom stereocenters. The predicted octanol–water partition coefficient (Wildman–Crippen LogP) is 6.14. The Kier molecular flexibility index (Phi) is 7.28. The summed E-state index contributed by atoms with van der Waals surface area (Å²) in [6, 6.07) is 20.3. The van der Waals surface area contributed by atoms with E-state index in [-0.39, 0.29) is 0 Å². The summed E-state index contributed by atoms with van der Waals surface area (Å²) in [5.74, 6) is 1.36. The fraction of sp³-hybridized carbons (Fsp3) is 0.214. The molecule has 3 aromatic carbocycles. The summed E-state index contributed by atoms with van der Waals surface area (Å²) in [6.45, 7) is 6.89. The Morgan fingerprint density at radius 1 is 0.912 bits per heavy atom. The Labute approximate surface area is 204 Å². The van der Waals surface area contributed by atoms with Gasteiger partial charge in [-0.2, -0.15) is 5.10 Å². The van der Waals surface area contributed by atoms with E-state index in [2.05, 4.69) is 43.3 Å². The largest absolute Gasteiger partial charge is 0.493 e. The molecule has 0 aliphatic rings. The molecular formula is C28H29N3O2S. The third-order valence-electron chi connectivity index (χ3n) is 5.74. The molecule has 4 rings (SSSR count). The zero-order valence-corrected chi connectivity index (χ0v) is 21.0. The normalized spacial score (nSPS) is 11.9. The van der Waals surface area contributed by atoms with Gasteiger partial charge >= 0.3 is 0 Å². The summed E-state index contributed by atoms with van der Waals surface area (Å²) in [5, 5.41) is 6.90. The number of nitrogens with zero attached hydrogens (tertiary/aromatic N) is 3. The van der Waals surface area contributed by atoms with Crippen molar-refractivity contribution in [2.45, 2.75) is 27.4 Å². The van der Waals surface area contributed by atoms with E-state index in [4.69, 9.17) is 14.6 Å². The Hall–Kier alpha value is -3.64. The highest BCUT2D eigenvalue weighted by Gasteiger charge is 2.12. The van der Waals surface area contributed by atoms with E-state index in [1.54, 1.807) is 25.5 Å². The van der Waals surface area contributed by atoms with Crippen LogP contribution in [-0.4, -0.2) is 25.0 Å². The smallest absolute Gasteiger partial charge is 0.205 e. The SMILES string of the molecule is CN=c1scc(-c2cc(C)c(C)cc2C)n1N=Cc1ccc(OCc2ccccc2)c(OC)c1. The molecule has 0 unspecified atom stereocenters. The fourth-order valence-electron chi connectivity index (χ4n) is 3.73. The van der Waals surface area contributed by atoms with E-state index in [1.165, 1.54) is 16.7 Å². The maximum atomic E-state index is 5.98. The van der Waals surface area contributed by atoms with Crippen molar-refractivity contribution in [2.75, 3.05) is 14.2 Å². The number of ether oxygens (including phenoxy) is 2. The minimum absolute atomic E-state index is 0.482. The summed E-state index contributed by atoms with van der Waals surface area (Å²) in [4.78, 5) is 5.25. The lowest BCUT2D eigenvalue weighted by Crippen LogP contribution is -2.12. The third-order valence-corrected chi connectivity index (χ3v) is 6.65. The van der Waals surface area contributed by atoms with Crippen molar-refractivity contribution in [1.82, 2.24) is 4.68 Å². The van der Waals surface area contributed by atoms with Gasteiger partial charge in [0, 0.05) is 18.0 Å². The second kappa shape index (κ2) is 10.5. The third kappa shape index (κ3) is 5.13. The summed E-state index contributed by atoms with van der Waals surface area (Å²) < 4.78 is 13.5. The quantitative estimate of drug-likeness (QED) is 0.304. The minimum atomic E-state index is 0.482. The van der Waals surface area contributed by atoms with Gasteiger partial charge in [-0.1, -0.05) is 36.4 Å². The van der Waals surface area contributed by atoms with E-state index >= 15 is 0 Å². The van der Waals surface area contributed by atoms with E-state index in [1.807, 2.05) is 59.4 Å². The second-order valence-corrected chi connectivity index (χ2v) is 8.96. The van der Waals surface area contributed by atoms with Crippen LogP contribution in [0.3, 0.4) is 0 Å². The lowest BCUT2D eigenvalue weighted by atomic mass is 9.99. The number of hydrogen-bond donors (Lipinski definition) is 0. The zero-order valence-electron chi connectivity index (χ0n) is 20.2. The molecule has 0 spiro atoms. The highest BCUT2D eigenvalue weighted by Crippen LogP contribution is 2.29. The van der Waals surface area contributed by atoms with Gasteiger partial charge in [0.1, 0.15) is 6.61 Å². The van der Waals surface area contributed by atoms with Crippen LogP contribution < -0.4 is 14.3 Å². The average molecular weight is 472 g/mol. The van der Waals surface area contributed by atoms with Crippen molar-refractivity contribution in [3.8, 4) is 22.8 Å². The van der Waals surface area contributed by atoms with E-state index in [0.29, 0.717) is 18.1 Å². The number of rotatable bonds is 7. The highest BCUT2D eigenvalue weighted by atomic mass is 32.1. The van der Waals surface area contributed by atoms with Gasteiger partial charge in [0.2, 0.25) is 4.80 Å². The van der Waals surface area contributed by atoms with Crippen molar-refractivity contribution in [3.63, 3.8) is 0 Å². The van der Waals surface area contributed by atoms with Crippen LogP contribution in [0.25, 0.3) is 11.3 Å². The Morgan fingerprint density at radius 2 is 1.68 bits per heavy atom. The van der Waals surface area contributed by atoms with E-state index in [0.717, 1.165) is 27.2 Å². The molecule has 1 heterocycles. The topological polar surface area (TPSA) is 48.1 Å². The van der Waals surface area contributed by atoms with Gasteiger partial charge in [0.25, 0.3) is 0 Å². The average Bonchev–Trinajstić information content (AvgIpc) is 3.27. The van der Waals surface area contributed by atoms with Crippen molar-refractivity contribution in [3.05, 3.63) is 98.7 Å². The summed E-state index contributed by atoms with van der Waals surface area (Å²) >= 11 is 1.58. The lowest BCUT2D eigenvalue weighted by Gasteiger charge is -2.12. The predicted molar refractivity (Wildman–Crippen MR) is 140 cm³/mol. The molecule has 5 nitrogen and oxygen atoms in total. The maximum Gasteiger partial charge on any atom is 0.205 e. The maximum absolute atomic E-state index is 5.98. The molecule has 0 saturated carbocycles. The molecule has 0 fully saturated rings. The van der Waals surface area contributed by atoms with Gasteiger partial charge in [0.05, 0.1) is 19.0 Å². The summed E-state index contributed by atoms with van der Waals surface area (Å²) in [7, 11) is 3.44. The molecule has 174 valence electrons. The molecular weight excluding hydrogens is 442 g/mol.